The summed E-state index contributed by atoms with van der Waals surface area (Å²) in [6, 6.07) is 96.7. The van der Waals surface area contributed by atoms with Crippen molar-refractivity contribution in [3.8, 4) is 33.4 Å². The number of hydrogen-bond donors (Lipinski definition) is 0. The number of rotatable bonds is 8. The van der Waals surface area contributed by atoms with Crippen LogP contribution in [0.2, 0.25) is 0 Å². The Morgan fingerprint density at radius 1 is 0.291 bits per heavy atom. The number of furan rings is 2. The molecule has 4 nitrogen and oxygen atoms in total. The van der Waals surface area contributed by atoms with Crippen LogP contribution in [0.5, 0.6) is 0 Å². The lowest BCUT2D eigenvalue weighted by Crippen LogP contribution is -2.16. The highest BCUT2D eigenvalue weighted by atomic mass is 16.3. The van der Waals surface area contributed by atoms with Crippen LogP contribution >= 0.6 is 0 Å². The highest BCUT2D eigenvalue weighted by Gasteiger charge is 2.40. The van der Waals surface area contributed by atoms with Crippen LogP contribution < -0.4 is 9.80 Å². The van der Waals surface area contributed by atoms with Gasteiger partial charge in [0.05, 0.1) is 11.4 Å². The molecular weight excluding hydrogens is 961 g/mol. The summed E-state index contributed by atoms with van der Waals surface area (Å²) in [7, 11) is 0. The third-order valence-electron chi connectivity index (χ3n) is 16.7. The van der Waals surface area contributed by atoms with Crippen molar-refractivity contribution >= 4 is 110 Å². The summed E-state index contributed by atoms with van der Waals surface area (Å²) in [6.45, 7) is 4.86. The SMILES string of the molecule is CC1(C)c2c(ccc3cc(N(c4cccc(-c5ccccc5)c4)c4cccc5c4oc4ccccc45)ccc23)-c2c1c1ccc(N(c3cccc(-c4ccccc4)c3)c3cccc4c3oc3ccccc34)cc1c1ccccc21. The van der Waals surface area contributed by atoms with Crippen molar-refractivity contribution in [2.75, 3.05) is 9.80 Å². The first-order chi connectivity index (χ1) is 38.9. The Bertz CT molecular complexity index is 4950. The lowest BCUT2D eigenvalue weighted by molar-refractivity contribution is 0.668. The lowest BCUT2D eigenvalue weighted by Gasteiger charge is -2.29. The Labute approximate surface area is 457 Å². The van der Waals surface area contributed by atoms with Gasteiger partial charge in [-0.15, -0.1) is 0 Å². The van der Waals surface area contributed by atoms with Gasteiger partial charge in [0.1, 0.15) is 11.2 Å². The van der Waals surface area contributed by atoms with Crippen molar-refractivity contribution in [3.63, 3.8) is 0 Å². The molecule has 0 radical (unpaired) electrons. The molecule has 0 N–H and O–H groups in total. The number of benzene rings is 13. The zero-order chi connectivity index (χ0) is 52.3. The average molecular weight is 1010 g/mol. The van der Waals surface area contributed by atoms with Crippen molar-refractivity contribution in [3.05, 3.63) is 278 Å². The monoisotopic (exact) mass is 1010 g/mol. The fraction of sp³-hybridized carbons (Fsp3) is 0.0400. The molecule has 0 amide bonds. The highest BCUT2D eigenvalue weighted by molar-refractivity contribution is 6.21. The lowest BCUT2D eigenvalue weighted by atomic mass is 9.77. The van der Waals surface area contributed by atoms with Gasteiger partial charge in [-0.3, -0.25) is 0 Å². The summed E-state index contributed by atoms with van der Waals surface area (Å²) in [6.07, 6.45) is 0. The molecule has 4 heteroatoms. The van der Waals surface area contributed by atoms with Gasteiger partial charge in [-0.2, -0.15) is 0 Å². The van der Waals surface area contributed by atoms with Crippen molar-refractivity contribution < 1.29 is 8.83 Å². The molecule has 0 saturated heterocycles. The molecule has 16 rings (SSSR count). The standard InChI is InChI=1S/C75H50N2O2/c1-75(2)71-56-41-38-54(76(52-25-15-23-49(43-52)47-19-5-3-6-20-47)66-33-17-31-62-58-28-11-13-35-68(58)78-73(62)66)45-51(56)37-40-64(71)70-60-30-10-9-27-57(60)65-46-55(39-42-61(65)72(70)75)77(53-26-16-24-50(44-53)48-21-7-4-8-22-48)67-34-18-32-63-59-29-12-14-36-69(59)79-74(63)67/h3-46H,1-2H3. The van der Waals surface area contributed by atoms with Gasteiger partial charge in [0.2, 0.25) is 0 Å². The fourth-order valence-electron chi connectivity index (χ4n) is 13.3. The largest absolute Gasteiger partial charge is 0.454 e. The molecule has 13 aromatic carbocycles. The maximum Gasteiger partial charge on any atom is 0.159 e. The maximum absolute atomic E-state index is 6.81. The molecular formula is C75H50N2O2. The smallest absolute Gasteiger partial charge is 0.159 e. The molecule has 0 bridgehead atoms. The van der Waals surface area contributed by atoms with Crippen molar-refractivity contribution in [2.24, 2.45) is 0 Å². The number of nitrogens with zero attached hydrogens (tertiary/aromatic N) is 2. The van der Waals surface area contributed by atoms with Crippen LogP contribution in [-0.2, 0) is 5.41 Å². The molecule has 372 valence electrons. The molecule has 0 aliphatic heterocycles. The van der Waals surface area contributed by atoms with Crippen molar-refractivity contribution in [2.45, 2.75) is 19.3 Å². The van der Waals surface area contributed by atoms with E-state index in [-0.39, 0.29) is 5.41 Å². The molecule has 1 aliphatic carbocycles. The van der Waals surface area contributed by atoms with Crippen LogP contribution in [0.3, 0.4) is 0 Å². The van der Waals surface area contributed by atoms with Gasteiger partial charge in [-0.05, 0) is 150 Å². The topological polar surface area (TPSA) is 32.8 Å². The van der Waals surface area contributed by atoms with Crippen molar-refractivity contribution in [1.82, 2.24) is 0 Å². The Hall–Kier alpha value is -10.2. The van der Waals surface area contributed by atoms with Gasteiger partial charge in [0.25, 0.3) is 0 Å². The predicted molar refractivity (Wildman–Crippen MR) is 331 cm³/mol. The normalized spacial score (nSPS) is 12.8. The minimum absolute atomic E-state index is 0.358. The first-order valence-electron chi connectivity index (χ1n) is 27.2. The predicted octanol–water partition coefficient (Wildman–Crippen LogP) is 21.5. The van der Waals surface area contributed by atoms with E-state index < -0.39 is 0 Å². The quantitative estimate of drug-likeness (QED) is 0.142. The molecule has 79 heavy (non-hydrogen) atoms. The van der Waals surface area contributed by atoms with Crippen LogP contribution in [0, 0.1) is 0 Å². The van der Waals surface area contributed by atoms with E-state index in [2.05, 4.69) is 278 Å². The molecule has 0 atom stereocenters. The Morgan fingerprint density at radius 3 is 1.33 bits per heavy atom. The van der Waals surface area contributed by atoms with E-state index in [1.54, 1.807) is 0 Å². The second-order valence-corrected chi connectivity index (χ2v) is 21.6. The van der Waals surface area contributed by atoms with Crippen LogP contribution in [-0.4, -0.2) is 0 Å². The fourth-order valence-corrected chi connectivity index (χ4v) is 13.3. The Balaban J connectivity index is 0.874. The summed E-state index contributed by atoms with van der Waals surface area (Å²) in [5.74, 6) is 0. The first kappa shape index (κ1) is 45.1. The Kier molecular flexibility index (Phi) is 9.95. The number of fused-ring (bicyclic) bond motifs is 16. The van der Waals surface area contributed by atoms with Crippen LogP contribution in [0.15, 0.2) is 276 Å². The Morgan fingerprint density at radius 2 is 0.747 bits per heavy atom. The third kappa shape index (κ3) is 6.94. The van der Waals surface area contributed by atoms with E-state index >= 15 is 0 Å². The minimum atomic E-state index is -0.358. The maximum atomic E-state index is 6.81. The average Bonchev–Trinajstić information content (AvgIpc) is 3.55. The summed E-state index contributed by atoms with van der Waals surface area (Å²) < 4.78 is 13.6. The molecule has 0 saturated carbocycles. The first-order valence-corrected chi connectivity index (χ1v) is 27.2. The molecule has 2 aromatic heterocycles. The summed E-state index contributed by atoms with van der Waals surface area (Å²) in [5.41, 5.74) is 19.2. The van der Waals surface area contributed by atoms with Gasteiger partial charge in [-0.1, -0.05) is 208 Å². The second kappa shape index (κ2) is 17.4. The van der Waals surface area contributed by atoms with Gasteiger partial charge < -0.3 is 18.6 Å². The highest BCUT2D eigenvalue weighted by Crippen LogP contribution is 2.58. The molecule has 0 unspecified atom stereocenters. The van der Waals surface area contributed by atoms with Gasteiger partial charge >= 0.3 is 0 Å². The summed E-state index contributed by atoms with van der Waals surface area (Å²) in [5, 5.41) is 11.8. The number of para-hydroxylation sites is 4. The van der Waals surface area contributed by atoms with Gasteiger partial charge in [-0.25, -0.2) is 0 Å². The van der Waals surface area contributed by atoms with Gasteiger partial charge in [0, 0.05) is 49.7 Å². The summed E-state index contributed by atoms with van der Waals surface area (Å²) in [4.78, 5) is 4.76. The number of anilines is 6. The third-order valence-corrected chi connectivity index (χ3v) is 16.7. The number of hydrogen-bond acceptors (Lipinski definition) is 4. The molecule has 15 aromatic rings. The van der Waals surface area contributed by atoms with Crippen molar-refractivity contribution in [1.29, 1.82) is 0 Å². The van der Waals surface area contributed by atoms with Crippen LogP contribution in [0.4, 0.5) is 34.1 Å². The van der Waals surface area contributed by atoms with E-state index in [9.17, 15) is 0 Å². The second-order valence-electron chi connectivity index (χ2n) is 21.6. The van der Waals surface area contributed by atoms with E-state index in [1.165, 1.54) is 65.7 Å². The van der Waals surface area contributed by atoms with Crippen LogP contribution in [0.1, 0.15) is 25.0 Å². The zero-order valence-corrected chi connectivity index (χ0v) is 43.6. The van der Waals surface area contributed by atoms with Gasteiger partial charge in [0.15, 0.2) is 11.2 Å². The molecule has 0 spiro atoms. The molecule has 0 fully saturated rings. The van der Waals surface area contributed by atoms with E-state index in [1.807, 2.05) is 12.1 Å². The minimum Gasteiger partial charge on any atom is -0.454 e. The zero-order valence-electron chi connectivity index (χ0n) is 43.6. The van der Waals surface area contributed by atoms with E-state index in [0.29, 0.717) is 0 Å². The molecule has 1 aliphatic rings. The van der Waals surface area contributed by atoms with E-state index in [0.717, 1.165) is 89.1 Å². The van der Waals surface area contributed by atoms with E-state index in [4.69, 9.17) is 8.83 Å². The summed E-state index contributed by atoms with van der Waals surface area (Å²) >= 11 is 0. The molecule has 2 heterocycles. The van der Waals surface area contributed by atoms with Crippen LogP contribution in [0.25, 0.3) is 110 Å².